The van der Waals surface area contributed by atoms with Crippen LogP contribution in [-0.2, 0) is 23.9 Å². The monoisotopic (exact) mass is 552 g/mol. The lowest BCUT2D eigenvalue weighted by Gasteiger charge is -2.41. The number of para-hydroxylation sites is 1. The van der Waals surface area contributed by atoms with E-state index >= 15 is 0 Å². The SMILES string of the molecule is C=CCCOC(=O)[C@H]1[C@H]2C(=O)N([C@@H](CO)C(C)C)C(C(=O)N(CC=C)c3c(C)cccc3C)C23CC(C)[C@]1(C)O3. The molecule has 0 saturated carbocycles. The highest BCUT2D eigenvalue weighted by molar-refractivity contribution is 6.05. The maximum absolute atomic E-state index is 14.9. The van der Waals surface area contributed by atoms with Crippen molar-refractivity contribution in [2.24, 2.45) is 23.7 Å². The Morgan fingerprint density at radius 2 is 1.90 bits per heavy atom. The number of nitrogens with zero attached hydrogens (tertiary/aromatic N) is 2. The maximum atomic E-state index is 14.9. The van der Waals surface area contributed by atoms with E-state index in [9.17, 15) is 19.5 Å². The van der Waals surface area contributed by atoms with Gasteiger partial charge in [0.05, 0.1) is 30.8 Å². The molecule has 40 heavy (non-hydrogen) atoms. The van der Waals surface area contributed by atoms with Gasteiger partial charge < -0.3 is 24.4 Å². The first-order chi connectivity index (χ1) is 18.9. The number of benzene rings is 1. The highest BCUT2D eigenvalue weighted by Gasteiger charge is 2.81. The van der Waals surface area contributed by atoms with E-state index in [1.54, 1.807) is 17.1 Å². The number of fused-ring (bicyclic) bond motifs is 1. The molecule has 0 radical (unpaired) electrons. The van der Waals surface area contributed by atoms with Crippen molar-refractivity contribution in [2.45, 2.75) is 77.7 Å². The topological polar surface area (TPSA) is 96.4 Å². The smallest absolute Gasteiger partial charge is 0.312 e. The number of aryl methyl sites for hydroxylation is 2. The van der Waals surface area contributed by atoms with E-state index in [0.717, 1.165) is 16.8 Å². The molecule has 1 N–H and O–H groups in total. The largest absolute Gasteiger partial charge is 0.465 e. The molecule has 2 amide bonds. The zero-order chi connectivity index (χ0) is 29.6. The molecule has 3 fully saturated rings. The normalized spacial score (nSPS) is 31.3. The van der Waals surface area contributed by atoms with Crippen molar-refractivity contribution in [3.63, 3.8) is 0 Å². The summed E-state index contributed by atoms with van der Waals surface area (Å²) in [5.41, 5.74) is 0.400. The van der Waals surface area contributed by atoms with Crippen LogP contribution in [0, 0.1) is 37.5 Å². The number of rotatable bonds is 11. The van der Waals surface area contributed by atoms with E-state index in [-0.39, 0.29) is 43.4 Å². The van der Waals surface area contributed by atoms with Gasteiger partial charge in [0, 0.05) is 12.2 Å². The van der Waals surface area contributed by atoms with Crippen molar-refractivity contribution in [3.05, 3.63) is 54.6 Å². The number of carbonyl (C=O) groups is 3. The molecule has 3 unspecified atom stereocenters. The minimum absolute atomic E-state index is 0.108. The van der Waals surface area contributed by atoms with Crippen molar-refractivity contribution < 1.29 is 29.0 Å². The van der Waals surface area contributed by atoms with E-state index in [0.29, 0.717) is 12.8 Å². The summed E-state index contributed by atoms with van der Waals surface area (Å²) in [5, 5.41) is 10.5. The predicted molar refractivity (Wildman–Crippen MR) is 154 cm³/mol. The summed E-state index contributed by atoms with van der Waals surface area (Å²) in [4.78, 5) is 46.1. The third kappa shape index (κ3) is 4.40. The molecule has 1 aromatic rings. The summed E-state index contributed by atoms with van der Waals surface area (Å²) in [5.74, 6) is -3.15. The molecular formula is C32H44N2O6. The van der Waals surface area contributed by atoms with Gasteiger partial charge in [-0.05, 0) is 56.6 Å². The second kappa shape index (κ2) is 11.1. The second-order valence-corrected chi connectivity index (χ2v) is 12.2. The Bertz CT molecular complexity index is 1180. The third-order valence-electron chi connectivity index (χ3n) is 9.41. The lowest BCUT2D eigenvalue weighted by atomic mass is 9.62. The van der Waals surface area contributed by atoms with Gasteiger partial charge in [0.1, 0.15) is 17.6 Å². The molecule has 7 atom stereocenters. The summed E-state index contributed by atoms with van der Waals surface area (Å²) in [6.07, 6.45) is 4.27. The van der Waals surface area contributed by atoms with E-state index in [4.69, 9.17) is 9.47 Å². The number of carbonyl (C=O) groups excluding carboxylic acids is 3. The molecule has 3 heterocycles. The van der Waals surface area contributed by atoms with Gasteiger partial charge in [-0.15, -0.1) is 13.2 Å². The minimum Gasteiger partial charge on any atom is -0.465 e. The fourth-order valence-electron chi connectivity index (χ4n) is 7.42. The molecular weight excluding hydrogens is 508 g/mol. The van der Waals surface area contributed by atoms with Gasteiger partial charge in [-0.3, -0.25) is 14.4 Å². The molecule has 3 saturated heterocycles. The van der Waals surface area contributed by atoms with Gasteiger partial charge in [0.15, 0.2) is 0 Å². The molecule has 1 aromatic carbocycles. The van der Waals surface area contributed by atoms with Gasteiger partial charge in [0.25, 0.3) is 5.91 Å². The van der Waals surface area contributed by atoms with Gasteiger partial charge in [-0.2, -0.15) is 0 Å². The molecule has 8 heteroatoms. The van der Waals surface area contributed by atoms with Crippen LogP contribution >= 0.6 is 0 Å². The molecule has 218 valence electrons. The fourth-order valence-corrected chi connectivity index (χ4v) is 7.42. The Balaban J connectivity index is 1.89. The lowest BCUT2D eigenvalue weighted by molar-refractivity contribution is -0.162. The van der Waals surface area contributed by atoms with Crippen molar-refractivity contribution in [1.29, 1.82) is 0 Å². The van der Waals surface area contributed by atoms with Crippen LogP contribution in [0.15, 0.2) is 43.5 Å². The van der Waals surface area contributed by atoms with E-state index in [2.05, 4.69) is 13.2 Å². The molecule has 3 aliphatic heterocycles. The van der Waals surface area contributed by atoms with Crippen LogP contribution in [0.2, 0.25) is 0 Å². The van der Waals surface area contributed by atoms with Crippen LogP contribution in [0.4, 0.5) is 5.69 Å². The molecule has 0 aromatic heterocycles. The quantitative estimate of drug-likeness (QED) is 0.254. The summed E-state index contributed by atoms with van der Waals surface area (Å²) in [6.45, 7) is 19.3. The number of amides is 2. The van der Waals surface area contributed by atoms with Gasteiger partial charge in [0.2, 0.25) is 5.91 Å². The first-order valence-corrected chi connectivity index (χ1v) is 14.3. The van der Waals surface area contributed by atoms with Crippen LogP contribution < -0.4 is 4.90 Å². The molecule has 1 spiro atoms. The highest BCUT2D eigenvalue weighted by Crippen LogP contribution is 2.66. The number of aliphatic hydroxyl groups is 1. The fraction of sp³-hybridized carbons (Fsp3) is 0.594. The van der Waals surface area contributed by atoms with Crippen molar-refractivity contribution in [3.8, 4) is 0 Å². The molecule has 4 rings (SSSR count). The van der Waals surface area contributed by atoms with Gasteiger partial charge in [-0.1, -0.05) is 51.1 Å². The summed E-state index contributed by atoms with van der Waals surface area (Å²) < 4.78 is 12.4. The number of hydrogen-bond donors (Lipinski definition) is 1. The van der Waals surface area contributed by atoms with E-state index < -0.39 is 41.1 Å². The number of esters is 1. The molecule has 3 aliphatic rings. The zero-order valence-corrected chi connectivity index (χ0v) is 24.7. The lowest BCUT2D eigenvalue weighted by Crippen LogP contribution is -2.60. The first kappa shape index (κ1) is 30.0. The second-order valence-electron chi connectivity index (χ2n) is 12.2. The average molecular weight is 553 g/mol. The van der Waals surface area contributed by atoms with Crippen LogP contribution in [0.1, 0.15) is 51.7 Å². The number of anilines is 1. The summed E-state index contributed by atoms with van der Waals surface area (Å²) in [7, 11) is 0. The number of ether oxygens (including phenoxy) is 2. The first-order valence-electron chi connectivity index (χ1n) is 14.3. The van der Waals surface area contributed by atoms with Crippen molar-refractivity contribution in [1.82, 2.24) is 4.90 Å². The maximum Gasteiger partial charge on any atom is 0.312 e. The predicted octanol–water partition coefficient (Wildman–Crippen LogP) is 3.97. The van der Waals surface area contributed by atoms with Gasteiger partial charge in [-0.25, -0.2) is 0 Å². The highest BCUT2D eigenvalue weighted by atomic mass is 16.6. The molecule has 0 aliphatic carbocycles. The van der Waals surface area contributed by atoms with Crippen molar-refractivity contribution >= 4 is 23.5 Å². The van der Waals surface area contributed by atoms with Crippen molar-refractivity contribution in [2.75, 3.05) is 24.7 Å². The number of aliphatic hydroxyl groups excluding tert-OH is 1. The third-order valence-corrected chi connectivity index (χ3v) is 9.41. The Morgan fingerprint density at radius 1 is 1.25 bits per heavy atom. The van der Waals surface area contributed by atoms with Crippen LogP contribution in [-0.4, -0.2) is 70.8 Å². The van der Waals surface area contributed by atoms with E-state index in [1.165, 1.54) is 4.90 Å². The summed E-state index contributed by atoms with van der Waals surface area (Å²) in [6, 6.07) is 4.18. The Kier molecular flexibility index (Phi) is 8.35. The van der Waals surface area contributed by atoms with Crippen LogP contribution in [0.25, 0.3) is 0 Å². The number of hydrogen-bond acceptors (Lipinski definition) is 6. The van der Waals surface area contributed by atoms with Crippen LogP contribution in [0.3, 0.4) is 0 Å². The molecule has 2 bridgehead atoms. The Hall–Kier alpha value is -2.97. The summed E-state index contributed by atoms with van der Waals surface area (Å²) >= 11 is 0. The average Bonchev–Trinajstić information content (AvgIpc) is 3.40. The van der Waals surface area contributed by atoms with Crippen LogP contribution in [0.5, 0.6) is 0 Å². The Morgan fingerprint density at radius 3 is 2.45 bits per heavy atom. The van der Waals surface area contributed by atoms with Gasteiger partial charge >= 0.3 is 5.97 Å². The standard InChI is InChI=1S/C32H44N2O6/c1-9-11-16-39-30(38)25-24-28(36)34(23(18-35)19(3)4)27(32(24)17-22(7)31(25,8)40-32)29(37)33(15-10-2)26-20(5)13-12-14-21(26)6/h9-10,12-14,19,22-25,27,35H,1-2,11,15-18H2,3-8H3/t22?,23-,24-,25+,27?,31-,32?/m0/s1. The Labute approximate surface area is 238 Å². The minimum atomic E-state index is -1.23. The van der Waals surface area contributed by atoms with E-state index in [1.807, 2.05) is 59.7 Å². The number of likely N-dealkylation sites (tertiary alicyclic amines) is 1. The molecule has 8 nitrogen and oxygen atoms in total. The zero-order valence-electron chi connectivity index (χ0n) is 24.7.